The highest BCUT2D eigenvalue weighted by Crippen LogP contribution is 2.48. The predicted molar refractivity (Wildman–Crippen MR) is 237 cm³/mol. The Hall–Kier alpha value is -7.42. The van der Waals surface area contributed by atoms with E-state index in [1.54, 1.807) is 0 Å². The molecule has 264 valence electrons. The fourth-order valence-electron chi connectivity index (χ4n) is 8.29. The fraction of sp³-hybridized carbons (Fsp3) is 0. The molecule has 10 rings (SSSR count). The molecule has 1 aromatic heterocycles. The van der Waals surface area contributed by atoms with Crippen LogP contribution in [0.1, 0.15) is 0 Å². The zero-order chi connectivity index (χ0) is 37.3. The van der Waals surface area contributed by atoms with Crippen LogP contribution in [0, 0.1) is 0 Å². The lowest BCUT2D eigenvalue weighted by molar-refractivity contribution is 1.17. The molecule has 10 aromatic rings. The third-order valence-corrected chi connectivity index (χ3v) is 10.8. The molecular formula is C54H38N2. The number of benzene rings is 9. The fourth-order valence-corrected chi connectivity index (χ4v) is 8.29. The SMILES string of the molecule is c1ccc(-c2cccc(N(c3cccc(-n4c5ccccc5c5ccccc54)c3)c3cccc(-c4ccccc4)c3-c3ccccc3-c3ccccc3)c2)cc1. The molecule has 2 heteroatoms. The molecule has 0 aliphatic rings. The number of fused-ring (bicyclic) bond motifs is 3. The largest absolute Gasteiger partial charge is 0.310 e. The van der Waals surface area contributed by atoms with E-state index in [1.807, 2.05) is 0 Å². The molecule has 0 radical (unpaired) electrons. The van der Waals surface area contributed by atoms with Crippen LogP contribution in [0.15, 0.2) is 231 Å². The summed E-state index contributed by atoms with van der Waals surface area (Å²) in [4.78, 5) is 2.45. The van der Waals surface area contributed by atoms with Crippen LogP contribution in [0.4, 0.5) is 17.1 Å². The van der Waals surface area contributed by atoms with Gasteiger partial charge in [-0.25, -0.2) is 0 Å². The van der Waals surface area contributed by atoms with Gasteiger partial charge >= 0.3 is 0 Å². The van der Waals surface area contributed by atoms with Gasteiger partial charge in [0, 0.05) is 33.4 Å². The summed E-state index contributed by atoms with van der Waals surface area (Å²) in [6.45, 7) is 0. The van der Waals surface area contributed by atoms with Crippen molar-refractivity contribution in [1.29, 1.82) is 0 Å². The van der Waals surface area contributed by atoms with Gasteiger partial charge in [-0.05, 0) is 87.5 Å². The molecule has 0 atom stereocenters. The van der Waals surface area contributed by atoms with Gasteiger partial charge in [0.2, 0.25) is 0 Å². The van der Waals surface area contributed by atoms with Crippen molar-refractivity contribution < 1.29 is 0 Å². The summed E-state index contributed by atoms with van der Waals surface area (Å²) < 4.78 is 2.40. The summed E-state index contributed by atoms with van der Waals surface area (Å²) in [5.74, 6) is 0. The minimum absolute atomic E-state index is 1.07. The standard InChI is InChI=1S/C54H38N2/c1-4-19-39(20-5-1)42-25-16-26-43(37-42)55(44-27-17-28-45(38-44)56-51-34-14-12-30-48(51)49-31-13-15-35-52(49)56)53-36-18-33-47(41-23-8-3-9-24-41)54(53)50-32-11-10-29-46(50)40-21-6-2-7-22-40/h1-38H. The van der Waals surface area contributed by atoms with Crippen LogP contribution in [0.3, 0.4) is 0 Å². The maximum absolute atomic E-state index is 2.45. The Morgan fingerprint density at radius 3 is 1.43 bits per heavy atom. The van der Waals surface area contributed by atoms with E-state index in [1.165, 1.54) is 60.8 Å². The molecule has 56 heavy (non-hydrogen) atoms. The van der Waals surface area contributed by atoms with Crippen molar-refractivity contribution in [2.24, 2.45) is 0 Å². The summed E-state index contributed by atoms with van der Waals surface area (Å²) in [6.07, 6.45) is 0. The molecule has 1 heterocycles. The molecule has 0 saturated carbocycles. The molecule has 0 amide bonds. The minimum atomic E-state index is 1.07. The van der Waals surface area contributed by atoms with Crippen molar-refractivity contribution in [1.82, 2.24) is 4.57 Å². The van der Waals surface area contributed by atoms with Crippen LogP contribution in [0.2, 0.25) is 0 Å². The Bertz CT molecular complexity index is 2910. The number of aromatic nitrogens is 1. The maximum atomic E-state index is 2.45. The van der Waals surface area contributed by atoms with E-state index in [0.717, 1.165) is 28.3 Å². The first-order valence-corrected chi connectivity index (χ1v) is 19.2. The summed E-state index contributed by atoms with van der Waals surface area (Å²) in [7, 11) is 0. The summed E-state index contributed by atoms with van der Waals surface area (Å²) in [6, 6.07) is 83.2. The average molecular weight is 715 g/mol. The van der Waals surface area contributed by atoms with Crippen molar-refractivity contribution in [3.63, 3.8) is 0 Å². The number of hydrogen-bond donors (Lipinski definition) is 0. The third-order valence-electron chi connectivity index (χ3n) is 10.8. The van der Waals surface area contributed by atoms with Crippen molar-refractivity contribution >= 4 is 38.9 Å². The molecule has 0 N–H and O–H groups in total. The van der Waals surface area contributed by atoms with Gasteiger partial charge in [-0.3, -0.25) is 0 Å². The van der Waals surface area contributed by atoms with E-state index in [9.17, 15) is 0 Å². The van der Waals surface area contributed by atoms with Crippen molar-refractivity contribution in [3.8, 4) is 50.2 Å². The van der Waals surface area contributed by atoms with Crippen LogP contribution in [0.25, 0.3) is 72.0 Å². The lowest BCUT2D eigenvalue weighted by Gasteiger charge is -2.30. The molecule has 0 unspecified atom stereocenters. The number of para-hydroxylation sites is 2. The molecule has 0 fully saturated rings. The number of hydrogen-bond acceptors (Lipinski definition) is 1. The highest BCUT2D eigenvalue weighted by molar-refractivity contribution is 6.09. The first-order valence-electron chi connectivity index (χ1n) is 19.2. The molecule has 0 bridgehead atoms. The van der Waals surface area contributed by atoms with Gasteiger partial charge in [0.1, 0.15) is 0 Å². The van der Waals surface area contributed by atoms with Gasteiger partial charge < -0.3 is 9.47 Å². The van der Waals surface area contributed by atoms with Gasteiger partial charge in [0.15, 0.2) is 0 Å². The Morgan fingerprint density at radius 2 is 0.768 bits per heavy atom. The minimum Gasteiger partial charge on any atom is -0.310 e. The van der Waals surface area contributed by atoms with Crippen LogP contribution < -0.4 is 4.90 Å². The molecule has 0 saturated heterocycles. The second-order valence-corrected chi connectivity index (χ2v) is 14.1. The normalized spacial score (nSPS) is 11.2. The lowest BCUT2D eigenvalue weighted by Crippen LogP contribution is -2.12. The molecule has 0 spiro atoms. The van der Waals surface area contributed by atoms with Crippen LogP contribution in [-0.4, -0.2) is 4.57 Å². The van der Waals surface area contributed by atoms with Gasteiger partial charge in [0.25, 0.3) is 0 Å². The second-order valence-electron chi connectivity index (χ2n) is 14.1. The molecule has 0 aliphatic carbocycles. The van der Waals surface area contributed by atoms with E-state index >= 15 is 0 Å². The molecule has 9 aromatic carbocycles. The second kappa shape index (κ2) is 14.4. The quantitative estimate of drug-likeness (QED) is 0.152. The average Bonchev–Trinajstić information content (AvgIpc) is 3.62. The van der Waals surface area contributed by atoms with E-state index in [2.05, 4.69) is 240 Å². The molecular weight excluding hydrogens is 677 g/mol. The topological polar surface area (TPSA) is 8.17 Å². The van der Waals surface area contributed by atoms with Crippen LogP contribution in [0.5, 0.6) is 0 Å². The summed E-state index contributed by atoms with van der Waals surface area (Å²) in [5, 5.41) is 2.49. The van der Waals surface area contributed by atoms with Gasteiger partial charge in [-0.2, -0.15) is 0 Å². The first kappa shape index (κ1) is 33.2. The van der Waals surface area contributed by atoms with Crippen LogP contribution in [-0.2, 0) is 0 Å². The molecule has 2 nitrogen and oxygen atoms in total. The van der Waals surface area contributed by atoms with E-state index in [4.69, 9.17) is 0 Å². The zero-order valence-electron chi connectivity index (χ0n) is 30.8. The smallest absolute Gasteiger partial charge is 0.0546 e. The Morgan fingerprint density at radius 1 is 0.304 bits per heavy atom. The Balaban J connectivity index is 1.27. The van der Waals surface area contributed by atoms with E-state index in [0.29, 0.717) is 0 Å². The molecule has 0 aliphatic heterocycles. The summed E-state index contributed by atoms with van der Waals surface area (Å²) >= 11 is 0. The van der Waals surface area contributed by atoms with E-state index < -0.39 is 0 Å². The van der Waals surface area contributed by atoms with Crippen molar-refractivity contribution in [3.05, 3.63) is 231 Å². The Labute approximate surface area is 327 Å². The highest BCUT2D eigenvalue weighted by atomic mass is 15.1. The first-order chi connectivity index (χ1) is 27.8. The number of rotatable bonds is 8. The van der Waals surface area contributed by atoms with Gasteiger partial charge in [0.05, 0.1) is 16.7 Å². The number of anilines is 3. The highest BCUT2D eigenvalue weighted by Gasteiger charge is 2.24. The lowest BCUT2D eigenvalue weighted by atomic mass is 9.87. The van der Waals surface area contributed by atoms with Gasteiger partial charge in [-0.15, -0.1) is 0 Å². The predicted octanol–water partition coefficient (Wildman–Crippen LogP) is 14.9. The monoisotopic (exact) mass is 714 g/mol. The Kier molecular flexibility index (Phi) is 8.55. The third kappa shape index (κ3) is 5.95. The van der Waals surface area contributed by atoms with Crippen molar-refractivity contribution in [2.75, 3.05) is 4.90 Å². The maximum Gasteiger partial charge on any atom is 0.0546 e. The van der Waals surface area contributed by atoms with Crippen LogP contribution >= 0.6 is 0 Å². The van der Waals surface area contributed by atoms with Gasteiger partial charge in [-0.1, -0.05) is 182 Å². The van der Waals surface area contributed by atoms with Crippen molar-refractivity contribution in [2.45, 2.75) is 0 Å². The summed E-state index contributed by atoms with van der Waals surface area (Å²) in [5.41, 5.74) is 16.1. The van der Waals surface area contributed by atoms with E-state index in [-0.39, 0.29) is 0 Å². The number of nitrogens with zero attached hydrogens (tertiary/aromatic N) is 2. The zero-order valence-corrected chi connectivity index (χ0v) is 30.8.